The summed E-state index contributed by atoms with van der Waals surface area (Å²) in [4.78, 5) is 27.0. The van der Waals surface area contributed by atoms with Crippen LogP contribution in [0, 0.1) is 5.92 Å². The van der Waals surface area contributed by atoms with Crippen LogP contribution in [0.5, 0.6) is 0 Å². The summed E-state index contributed by atoms with van der Waals surface area (Å²) in [6, 6.07) is -0.452. The number of urea groups is 1. The lowest BCUT2D eigenvalue weighted by molar-refractivity contribution is -0.141. The number of hydrogen-bond donors (Lipinski definition) is 1. The van der Waals surface area contributed by atoms with Crippen LogP contribution in [0.2, 0.25) is 0 Å². The van der Waals surface area contributed by atoms with Crippen LogP contribution in [-0.2, 0) is 4.79 Å². The Bertz CT molecular complexity index is 364. The monoisotopic (exact) mass is 282 g/mol. The molecule has 20 heavy (non-hydrogen) atoms. The largest absolute Gasteiger partial charge is 0.480 e. The number of rotatable bonds is 3. The highest BCUT2D eigenvalue weighted by Gasteiger charge is 2.37. The lowest BCUT2D eigenvalue weighted by Gasteiger charge is -2.37. The van der Waals surface area contributed by atoms with E-state index in [-0.39, 0.29) is 12.1 Å². The number of carbonyl (C=O) groups excluding carboxylic acids is 1. The van der Waals surface area contributed by atoms with Gasteiger partial charge in [0.05, 0.1) is 0 Å². The van der Waals surface area contributed by atoms with Crippen LogP contribution in [0.25, 0.3) is 0 Å². The molecule has 114 valence electrons. The predicted molar refractivity (Wildman–Crippen MR) is 76.6 cm³/mol. The average Bonchev–Trinajstić information content (AvgIpc) is 2.95. The van der Waals surface area contributed by atoms with Gasteiger partial charge >= 0.3 is 12.0 Å². The van der Waals surface area contributed by atoms with Crippen LogP contribution in [-0.4, -0.2) is 52.6 Å². The Hall–Kier alpha value is -1.26. The predicted octanol–water partition coefficient (Wildman–Crippen LogP) is 2.56. The van der Waals surface area contributed by atoms with Crippen molar-refractivity contribution < 1.29 is 14.7 Å². The highest BCUT2D eigenvalue weighted by molar-refractivity contribution is 5.83. The van der Waals surface area contributed by atoms with Crippen molar-refractivity contribution in [3.05, 3.63) is 0 Å². The summed E-state index contributed by atoms with van der Waals surface area (Å²) in [6.07, 6.45) is 7.05. The minimum atomic E-state index is -0.876. The molecule has 1 unspecified atom stereocenters. The maximum Gasteiger partial charge on any atom is 0.326 e. The Morgan fingerprint density at radius 2 is 1.85 bits per heavy atom. The second kappa shape index (κ2) is 6.46. The van der Waals surface area contributed by atoms with Crippen molar-refractivity contribution in [2.24, 2.45) is 5.92 Å². The molecule has 1 saturated heterocycles. The molecule has 1 saturated carbocycles. The number of carboxylic acids is 1. The first-order valence-corrected chi connectivity index (χ1v) is 7.80. The second-order valence-corrected chi connectivity index (χ2v) is 6.17. The molecular formula is C15H26N2O3. The van der Waals surface area contributed by atoms with Gasteiger partial charge in [-0.1, -0.05) is 13.3 Å². The van der Waals surface area contributed by atoms with Crippen LogP contribution >= 0.6 is 0 Å². The van der Waals surface area contributed by atoms with Crippen molar-refractivity contribution in [1.29, 1.82) is 0 Å². The molecule has 1 atom stereocenters. The third-order valence-corrected chi connectivity index (χ3v) is 5.03. The molecule has 1 heterocycles. The van der Waals surface area contributed by atoms with Gasteiger partial charge in [-0.25, -0.2) is 9.59 Å². The van der Waals surface area contributed by atoms with E-state index in [9.17, 15) is 14.7 Å². The van der Waals surface area contributed by atoms with Crippen LogP contribution in [0.1, 0.15) is 51.9 Å². The minimum Gasteiger partial charge on any atom is -0.480 e. The molecule has 0 radical (unpaired) electrons. The summed E-state index contributed by atoms with van der Waals surface area (Å²) in [5.74, 6) is -0.0766. The number of amides is 2. The topological polar surface area (TPSA) is 60.9 Å². The summed E-state index contributed by atoms with van der Waals surface area (Å²) < 4.78 is 0. The van der Waals surface area contributed by atoms with Crippen LogP contribution in [0.3, 0.4) is 0 Å². The van der Waals surface area contributed by atoms with Crippen molar-refractivity contribution in [3.8, 4) is 0 Å². The van der Waals surface area contributed by atoms with E-state index in [0.29, 0.717) is 13.0 Å². The van der Waals surface area contributed by atoms with Gasteiger partial charge in [0, 0.05) is 19.6 Å². The molecule has 5 nitrogen and oxygen atoms in total. The van der Waals surface area contributed by atoms with Gasteiger partial charge in [-0.2, -0.15) is 0 Å². The van der Waals surface area contributed by atoms with E-state index in [1.807, 2.05) is 7.05 Å². The van der Waals surface area contributed by atoms with E-state index in [0.717, 1.165) is 25.2 Å². The fraction of sp³-hybridized carbons (Fsp3) is 0.867. The summed E-state index contributed by atoms with van der Waals surface area (Å²) in [7, 11) is 1.83. The molecule has 0 aromatic heterocycles. The van der Waals surface area contributed by atoms with Crippen molar-refractivity contribution in [2.45, 2.75) is 64.0 Å². The van der Waals surface area contributed by atoms with E-state index in [1.165, 1.54) is 24.2 Å². The Balaban J connectivity index is 1.93. The van der Waals surface area contributed by atoms with E-state index in [2.05, 4.69) is 6.92 Å². The Kier molecular flexibility index (Phi) is 4.89. The SMILES string of the molecule is CCC1CCC(N(C)C(=O)N2CCCC2C(=O)O)CC1. The average molecular weight is 282 g/mol. The van der Waals surface area contributed by atoms with Crippen LogP contribution < -0.4 is 0 Å². The smallest absolute Gasteiger partial charge is 0.326 e. The summed E-state index contributed by atoms with van der Waals surface area (Å²) in [6.45, 7) is 2.80. The highest BCUT2D eigenvalue weighted by atomic mass is 16.4. The molecule has 2 fully saturated rings. The first-order chi connectivity index (χ1) is 9.54. The van der Waals surface area contributed by atoms with Gasteiger partial charge in [0.1, 0.15) is 6.04 Å². The molecule has 0 bridgehead atoms. The molecule has 1 aliphatic carbocycles. The van der Waals surface area contributed by atoms with E-state index < -0.39 is 12.0 Å². The zero-order chi connectivity index (χ0) is 14.7. The maximum absolute atomic E-state index is 12.5. The van der Waals surface area contributed by atoms with Gasteiger partial charge in [-0.15, -0.1) is 0 Å². The summed E-state index contributed by atoms with van der Waals surface area (Å²) in [5.41, 5.74) is 0. The van der Waals surface area contributed by atoms with Gasteiger partial charge in [-0.05, 0) is 44.4 Å². The van der Waals surface area contributed by atoms with Gasteiger partial charge in [0.15, 0.2) is 0 Å². The number of carbonyl (C=O) groups is 2. The Morgan fingerprint density at radius 1 is 1.20 bits per heavy atom. The summed E-state index contributed by atoms with van der Waals surface area (Å²) >= 11 is 0. The van der Waals surface area contributed by atoms with E-state index in [1.54, 1.807) is 4.90 Å². The molecule has 5 heteroatoms. The van der Waals surface area contributed by atoms with Crippen LogP contribution in [0.15, 0.2) is 0 Å². The van der Waals surface area contributed by atoms with Gasteiger partial charge in [-0.3, -0.25) is 0 Å². The molecule has 2 rings (SSSR count). The minimum absolute atomic E-state index is 0.102. The zero-order valence-corrected chi connectivity index (χ0v) is 12.5. The van der Waals surface area contributed by atoms with Crippen molar-refractivity contribution in [3.63, 3.8) is 0 Å². The number of carboxylic acid groups (broad SMARTS) is 1. The molecule has 0 aromatic rings. The van der Waals surface area contributed by atoms with Gasteiger partial charge in [0.2, 0.25) is 0 Å². The first-order valence-electron chi connectivity index (χ1n) is 7.80. The standard InChI is InChI=1S/C15H26N2O3/c1-3-11-6-8-12(9-7-11)16(2)15(20)17-10-4-5-13(17)14(18)19/h11-13H,3-10H2,1-2H3,(H,18,19). The number of hydrogen-bond acceptors (Lipinski definition) is 2. The third kappa shape index (κ3) is 3.07. The normalized spacial score (nSPS) is 30.3. The molecule has 1 N–H and O–H groups in total. The molecule has 1 aliphatic heterocycles. The molecule has 2 amide bonds. The quantitative estimate of drug-likeness (QED) is 0.865. The third-order valence-electron chi connectivity index (χ3n) is 5.03. The lowest BCUT2D eigenvalue weighted by Crippen LogP contribution is -2.50. The van der Waals surface area contributed by atoms with E-state index >= 15 is 0 Å². The second-order valence-electron chi connectivity index (χ2n) is 6.17. The Labute approximate surface area is 120 Å². The fourth-order valence-corrected chi connectivity index (χ4v) is 3.55. The van der Waals surface area contributed by atoms with Crippen molar-refractivity contribution in [2.75, 3.05) is 13.6 Å². The Morgan fingerprint density at radius 3 is 2.40 bits per heavy atom. The van der Waals surface area contributed by atoms with Crippen LogP contribution in [0.4, 0.5) is 4.79 Å². The maximum atomic E-state index is 12.5. The van der Waals surface area contributed by atoms with Gasteiger partial charge in [0.25, 0.3) is 0 Å². The molecule has 0 spiro atoms. The lowest BCUT2D eigenvalue weighted by atomic mass is 9.84. The van der Waals surface area contributed by atoms with Crippen molar-refractivity contribution in [1.82, 2.24) is 9.80 Å². The number of nitrogens with zero attached hydrogens (tertiary/aromatic N) is 2. The number of aliphatic carboxylic acids is 1. The molecule has 2 aliphatic rings. The van der Waals surface area contributed by atoms with Gasteiger partial charge < -0.3 is 14.9 Å². The van der Waals surface area contributed by atoms with Crippen molar-refractivity contribution >= 4 is 12.0 Å². The molecular weight excluding hydrogens is 256 g/mol. The highest BCUT2D eigenvalue weighted by Crippen LogP contribution is 2.30. The summed E-state index contributed by atoms with van der Waals surface area (Å²) in [5, 5.41) is 9.18. The first kappa shape index (κ1) is 15.1. The fourth-order valence-electron chi connectivity index (χ4n) is 3.55. The molecule has 0 aromatic carbocycles. The number of likely N-dealkylation sites (tertiary alicyclic amines) is 1. The van der Waals surface area contributed by atoms with E-state index in [4.69, 9.17) is 0 Å². The zero-order valence-electron chi connectivity index (χ0n) is 12.5.